The van der Waals surface area contributed by atoms with Gasteiger partial charge < -0.3 is 6.16 Å². The van der Waals surface area contributed by atoms with Crippen LogP contribution >= 0.6 is 42.8 Å². The van der Waals surface area contributed by atoms with Crippen LogP contribution in [0.25, 0.3) is 0 Å². The number of rotatable bonds is 6. The second-order valence-corrected chi connectivity index (χ2v) is 40.0. The summed E-state index contributed by atoms with van der Waals surface area (Å²) in [4.78, 5) is 0. The molecular weight excluding hydrogens is 645 g/mol. The van der Waals surface area contributed by atoms with E-state index in [-0.39, 0.29) is 57.2 Å². The number of hydrogen-bond donors (Lipinski definition) is 0. The average Bonchev–Trinajstić information content (AvgIpc) is 3.32. The van der Waals surface area contributed by atoms with Gasteiger partial charge in [0.25, 0.3) is 0 Å². The molecule has 1 unspecified atom stereocenters. The van der Waals surface area contributed by atoms with Crippen molar-refractivity contribution in [2.45, 2.75) is 183 Å². The van der Waals surface area contributed by atoms with E-state index in [0.29, 0.717) is 15.5 Å². The van der Waals surface area contributed by atoms with Crippen molar-refractivity contribution in [2.24, 2.45) is 5.41 Å². The van der Waals surface area contributed by atoms with Gasteiger partial charge in [0.1, 0.15) is 12.9 Å². The van der Waals surface area contributed by atoms with Crippen LogP contribution in [0.2, 0.25) is 5.31 Å². The standard InChI is InChI=1S/C16H38P2S2.C15H32B2P.C4H8O.CH4.B.Li.H/c1-14(2,3)17(10,19-11)13-18(20-12,15(4,5)6)16(7,8)9;1-12(2,3)15(10,16)11-18(17,13(4,5)6)14(7,8)9;1-2-4-5-3-1;;;;/h13H2,1-12H3;11H2,1-10H3;1-4H2;1H4;;;/q+2;+1;;;;+1;-1/t;15-;;;;;/m.1...../s1. The first-order valence-electron chi connectivity index (χ1n) is 16.4. The third kappa shape index (κ3) is 15.4. The molecule has 46 heavy (non-hydrogen) atoms. The van der Waals surface area contributed by atoms with Gasteiger partial charge in [-0.05, 0) is 135 Å². The maximum atomic E-state index is 6.97. The Balaban J connectivity index is -0.000000144. The van der Waals surface area contributed by atoms with Crippen molar-refractivity contribution in [1.82, 2.24) is 0 Å². The van der Waals surface area contributed by atoms with Crippen LogP contribution in [0, 0.1) is 5.41 Å². The van der Waals surface area contributed by atoms with Crippen molar-refractivity contribution in [3.8, 4) is 0 Å². The summed E-state index contributed by atoms with van der Waals surface area (Å²) in [7, 11) is 11.9. The van der Waals surface area contributed by atoms with Gasteiger partial charge in [0, 0.05) is 63.1 Å². The fraction of sp³-hybridized carbons (Fsp3) is 1.00. The Hall–Kier alpha value is 2.74. The van der Waals surface area contributed by atoms with Crippen LogP contribution in [0.15, 0.2) is 0 Å². The SMILES string of the molecule is C.C1CCOC1.CS[P+](C)(C[P+](SC)(C(C)(C)C)C(C)(C)C)C(C)(C)C.[B].[B][C@](C)(C[P+]([B])(C(C)(C)C)C(C)(C)C)C(C)(C)C.[H-].[Li+]. The second kappa shape index (κ2) is 20.3. The maximum Gasteiger partial charge on any atom is 1.00 e. The van der Waals surface area contributed by atoms with Crippen LogP contribution in [0.5, 0.6) is 0 Å². The number of ether oxygens (including phenoxy) is 1. The van der Waals surface area contributed by atoms with E-state index >= 15 is 0 Å². The quantitative estimate of drug-likeness (QED) is 0.199. The molecule has 267 valence electrons. The van der Waals surface area contributed by atoms with Crippen molar-refractivity contribution in [3.05, 3.63) is 0 Å². The van der Waals surface area contributed by atoms with Crippen LogP contribution in [0.3, 0.4) is 0 Å². The molecule has 0 spiro atoms. The molecular formula is C36H83B3LiOP3S2+3. The van der Waals surface area contributed by atoms with Gasteiger partial charge >= 0.3 is 26.4 Å². The molecule has 0 aliphatic carbocycles. The van der Waals surface area contributed by atoms with Crippen molar-refractivity contribution in [2.75, 3.05) is 44.5 Å². The van der Waals surface area contributed by atoms with Gasteiger partial charge in [-0.1, -0.05) is 35.1 Å². The fourth-order valence-corrected chi connectivity index (χ4v) is 34.2. The molecule has 0 amide bonds. The van der Waals surface area contributed by atoms with Crippen molar-refractivity contribution in [1.29, 1.82) is 0 Å². The molecule has 0 N–H and O–H groups in total. The first-order valence-corrected chi connectivity index (χ1v) is 26.5. The van der Waals surface area contributed by atoms with Crippen molar-refractivity contribution < 1.29 is 25.0 Å². The van der Waals surface area contributed by atoms with E-state index in [9.17, 15) is 0 Å². The van der Waals surface area contributed by atoms with E-state index in [2.05, 4.69) is 173 Å². The smallest absolute Gasteiger partial charge is 1.00 e. The molecule has 1 saturated heterocycles. The van der Waals surface area contributed by atoms with Gasteiger partial charge in [0.2, 0.25) is 0 Å². The molecule has 1 aliphatic rings. The molecule has 0 aromatic heterocycles. The van der Waals surface area contributed by atoms with Crippen LogP contribution in [-0.2, 0) is 4.74 Å². The normalized spacial score (nSPS) is 17.7. The Morgan fingerprint density at radius 2 is 0.957 bits per heavy atom. The summed E-state index contributed by atoms with van der Waals surface area (Å²) in [6.45, 7) is 47.1. The second-order valence-electron chi connectivity index (χ2n) is 19.2. The maximum absolute atomic E-state index is 6.97. The largest absolute Gasteiger partial charge is 1.00 e. The molecule has 1 fully saturated rings. The molecule has 1 nitrogen and oxygen atoms in total. The van der Waals surface area contributed by atoms with E-state index in [1.807, 2.05) is 0 Å². The molecule has 1 rings (SSSR count). The summed E-state index contributed by atoms with van der Waals surface area (Å²) in [5.41, 5.74) is 0.0636. The summed E-state index contributed by atoms with van der Waals surface area (Å²) >= 11 is 4.39. The van der Waals surface area contributed by atoms with Crippen LogP contribution in [0.1, 0.15) is 153 Å². The van der Waals surface area contributed by atoms with Crippen molar-refractivity contribution in [3.63, 3.8) is 0 Å². The minimum Gasteiger partial charge on any atom is -1.00 e. The summed E-state index contributed by atoms with van der Waals surface area (Å²) in [5, 5.41) is 1.26. The summed E-state index contributed by atoms with van der Waals surface area (Å²) in [5.74, 6) is 1.46. The van der Waals surface area contributed by atoms with E-state index in [1.165, 1.54) is 18.7 Å². The predicted molar refractivity (Wildman–Crippen MR) is 235 cm³/mol. The van der Waals surface area contributed by atoms with Crippen LogP contribution in [-0.4, -0.2) is 94.1 Å². The summed E-state index contributed by atoms with van der Waals surface area (Å²) in [6, 6.07) is 0. The summed E-state index contributed by atoms with van der Waals surface area (Å²) < 4.78 is 4.94. The average molecular weight is 728 g/mol. The predicted octanol–water partition coefficient (Wildman–Crippen LogP) is 10.8. The Labute approximate surface area is 322 Å². The van der Waals surface area contributed by atoms with E-state index in [0.717, 1.165) is 19.4 Å². The molecule has 7 radical (unpaired) electrons. The zero-order valence-electron chi connectivity index (χ0n) is 36.0. The molecule has 0 bridgehead atoms. The molecule has 0 aromatic carbocycles. The van der Waals surface area contributed by atoms with Crippen LogP contribution < -0.4 is 18.9 Å². The van der Waals surface area contributed by atoms with Crippen molar-refractivity contribution >= 4 is 66.7 Å². The van der Waals surface area contributed by atoms with Gasteiger partial charge in [-0.3, -0.25) is 0 Å². The zero-order valence-corrected chi connectivity index (χ0v) is 39.4. The zero-order chi connectivity index (χ0) is 35.4. The Morgan fingerprint density at radius 1 is 0.630 bits per heavy atom. The van der Waals surface area contributed by atoms with Gasteiger partial charge in [-0.15, -0.1) is 0 Å². The monoisotopic (exact) mass is 729 g/mol. The summed E-state index contributed by atoms with van der Waals surface area (Å²) in [6.07, 6.45) is 8.20. The fourth-order valence-electron chi connectivity index (χ4n) is 5.71. The van der Waals surface area contributed by atoms with Gasteiger partial charge in [0.15, 0.2) is 5.90 Å². The Bertz CT molecular complexity index is 802. The Morgan fingerprint density at radius 3 is 1.11 bits per heavy atom. The van der Waals surface area contributed by atoms with Crippen LogP contribution in [0.4, 0.5) is 0 Å². The van der Waals surface area contributed by atoms with E-state index in [4.69, 9.17) is 20.1 Å². The number of hydrogen-bond acceptors (Lipinski definition) is 3. The van der Waals surface area contributed by atoms with E-state index in [1.54, 1.807) is 0 Å². The van der Waals surface area contributed by atoms with Gasteiger partial charge in [-0.25, -0.2) is 0 Å². The minimum absolute atomic E-state index is 0. The molecule has 10 heteroatoms. The molecule has 0 aromatic rings. The third-order valence-corrected chi connectivity index (χ3v) is 39.9. The molecule has 2 atom stereocenters. The third-order valence-electron chi connectivity index (χ3n) is 10.3. The first kappa shape index (κ1) is 58.1. The minimum atomic E-state index is -1.68. The Kier molecular flexibility index (Phi) is 25.6. The molecule has 1 aliphatic heterocycles. The molecule has 1 heterocycles. The first-order chi connectivity index (χ1) is 18.5. The van der Waals surface area contributed by atoms with E-state index < -0.39 is 20.1 Å². The topological polar surface area (TPSA) is 9.23 Å². The molecule has 0 saturated carbocycles. The van der Waals surface area contributed by atoms with Gasteiger partial charge in [0.05, 0.1) is 40.3 Å². The van der Waals surface area contributed by atoms with Gasteiger partial charge in [-0.2, -0.15) is 0 Å².